The van der Waals surface area contributed by atoms with Crippen LogP contribution in [0.25, 0.3) is 0 Å². The minimum absolute atomic E-state index is 1.07. The van der Waals surface area contributed by atoms with Crippen molar-refractivity contribution in [3.05, 3.63) is 0 Å². The van der Waals surface area contributed by atoms with Gasteiger partial charge in [-0.3, -0.25) is 0 Å². The Kier molecular flexibility index (Phi) is 2.73. The Morgan fingerprint density at radius 1 is 2.00 bits per heavy atom. The Bertz CT molecular complexity index is 79.8. The molecule has 1 amide bonds. The summed E-state index contributed by atoms with van der Waals surface area (Å²) in [5.74, 6) is 4.47. The molecule has 0 heterocycles. The molecule has 0 unspecified atom stereocenters. The van der Waals surface area contributed by atoms with Crippen LogP contribution in [-0.2, 0) is 4.84 Å². The van der Waals surface area contributed by atoms with Crippen LogP contribution in [0.5, 0.6) is 0 Å². The van der Waals surface area contributed by atoms with Crippen molar-refractivity contribution >= 4 is 6.09 Å². The van der Waals surface area contributed by atoms with Gasteiger partial charge in [-0.2, -0.15) is 5.53 Å². The number of rotatable bonds is 1. The monoisotopic (exact) mass is 104 g/mol. The van der Waals surface area contributed by atoms with Crippen LogP contribution >= 0.6 is 0 Å². The Morgan fingerprint density at radius 2 is 2.57 bits per heavy atom. The number of carbonyl (C=O) groups excluding carboxylic acids is 1. The van der Waals surface area contributed by atoms with Crippen LogP contribution < -0.4 is 11.4 Å². The Morgan fingerprint density at radius 3 is 2.71 bits per heavy atom. The largest absolute Gasteiger partial charge is 0.471 e. The van der Waals surface area contributed by atoms with E-state index in [4.69, 9.17) is 5.53 Å². The van der Waals surface area contributed by atoms with E-state index in [2.05, 4.69) is 15.8 Å². The van der Waals surface area contributed by atoms with E-state index in [9.17, 15) is 4.79 Å². The van der Waals surface area contributed by atoms with Crippen molar-refractivity contribution in [3.63, 3.8) is 0 Å². The lowest BCUT2D eigenvalue weighted by Crippen LogP contribution is -2.24. The average Bonchev–Trinajstić information content (AvgIpc) is 1.68. The normalized spacial score (nSPS) is 7.57. The van der Waals surface area contributed by atoms with Gasteiger partial charge < -0.3 is 4.84 Å². The van der Waals surface area contributed by atoms with Crippen LogP contribution in [0, 0.1) is 5.53 Å². The fourth-order valence-electron chi connectivity index (χ4n) is 0.0732. The smallest absolute Gasteiger partial charge is 0.336 e. The maximum Gasteiger partial charge on any atom is 0.471 e. The van der Waals surface area contributed by atoms with Crippen molar-refractivity contribution in [3.8, 4) is 0 Å². The summed E-state index contributed by atoms with van der Waals surface area (Å²) in [6, 6.07) is 0. The SMILES string of the molecule is N=NC(=O)ONN. The fraction of sp³-hybridized carbons (Fsp3) is 0. The van der Waals surface area contributed by atoms with E-state index < -0.39 is 6.09 Å². The first kappa shape index (κ1) is 5.99. The van der Waals surface area contributed by atoms with Gasteiger partial charge in [-0.05, 0) is 0 Å². The number of hydrogen-bond donors (Lipinski definition) is 3. The Labute approximate surface area is 39.1 Å². The molecule has 0 saturated carbocycles. The van der Waals surface area contributed by atoms with Crippen LogP contribution in [0.4, 0.5) is 4.79 Å². The molecule has 0 spiro atoms. The quantitative estimate of drug-likeness (QED) is 0.238. The van der Waals surface area contributed by atoms with Crippen molar-refractivity contribution in [2.75, 3.05) is 0 Å². The average molecular weight is 104 g/mol. The van der Waals surface area contributed by atoms with Crippen molar-refractivity contribution < 1.29 is 9.63 Å². The highest BCUT2D eigenvalue weighted by atomic mass is 16.7. The summed E-state index contributed by atoms with van der Waals surface area (Å²) in [5.41, 5.74) is 7.52. The third-order valence-corrected chi connectivity index (χ3v) is 0.238. The minimum Gasteiger partial charge on any atom is -0.336 e. The van der Waals surface area contributed by atoms with Gasteiger partial charge in [0.25, 0.3) is 0 Å². The molecule has 0 aromatic carbocycles. The van der Waals surface area contributed by atoms with Crippen LogP contribution in [0.2, 0.25) is 0 Å². The van der Waals surface area contributed by atoms with E-state index >= 15 is 0 Å². The molecule has 0 aromatic heterocycles. The van der Waals surface area contributed by atoms with Gasteiger partial charge in [0, 0.05) is 0 Å². The number of nitrogens with two attached hydrogens (primary N) is 1. The van der Waals surface area contributed by atoms with Crippen molar-refractivity contribution in [2.45, 2.75) is 0 Å². The van der Waals surface area contributed by atoms with Gasteiger partial charge in [-0.1, -0.05) is 10.7 Å². The standard InChI is InChI=1S/CH4N4O2/c2-4-1(6)7-5-3/h2,5H,3H2. The molecule has 0 saturated heterocycles. The van der Waals surface area contributed by atoms with E-state index in [1.165, 1.54) is 0 Å². The fourth-order valence-corrected chi connectivity index (χ4v) is 0.0732. The van der Waals surface area contributed by atoms with Gasteiger partial charge in [0.15, 0.2) is 0 Å². The molecule has 0 aromatic rings. The number of hydrazine groups is 1. The first-order valence-corrected chi connectivity index (χ1v) is 1.35. The molecule has 0 aliphatic rings. The number of nitrogens with one attached hydrogen (secondary N) is 2. The van der Waals surface area contributed by atoms with Crippen LogP contribution in [0.1, 0.15) is 0 Å². The zero-order chi connectivity index (χ0) is 5.70. The predicted octanol–water partition coefficient (Wildman–Crippen LogP) is -0.468. The molecule has 0 radical (unpaired) electrons. The molecule has 7 heavy (non-hydrogen) atoms. The van der Waals surface area contributed by atoms with Crippen LogP contribution in [0.15, 0.2) is 5.11 Å². The number of carbonyl (C=O) groups is 1. The van der Waals surface area contributed by atoms with E-state index in [0.717, 1.165) is 0 Å². The van der Waals surface area contributed by atoms with E-state index in [0.29, 0.717) is 0 Å². The summed E-state index contributed by atoms with van der Waals surface area (Å²) in [5, 5.41) is 2.32. The number of hydrogen-bond acceptors (Lipinski definition) is 5. The molecule has 40 valence electrons. The third-order valence-electron chi connectivity index (χ3n) is 0.238. The third kappa shape index (κ3) is 2.80. The van der Waals surface area contributed by atoms with E-state index in [-0.39, 0.29) is 0 Å². The van der Waals surface area contributed by atoms with Gasteiger partial charge in [-0.15, -0.1) is 0 Å². The molecule has 0 rings (SSSR count). The predicted molar refractivity (Wildman–Crippen MR) is 19.0 cm³/mol. The molecule has 0 bridgehead atoms. The van der Waals surface area contributed by atoms with Gasteiger partial charge in [0.05, 0.1) is 0 Å². The van der Waals surface area contributed by atoms with Crippen molar-refractivity contribution in [1.29, 1.82) is 5.53 Å². The van der Waals surface area contributed by atoms with E-state index in [1.54, 1.807) is 5.59 Å². The minimum atomic E-state index is -1.07. The highest BCUT2D eigenvalue weighted by molar-refractivity contribution is 5.66. The molecule has 0 aliphatic carbocycles. The second kappa shape index (κ2) is 3.19. The number of amides is 1. The lowest BCUT2D eigenvalue weighted by molar-refractivity contribution is 0.0975. The maximum atomic E-state index is 9.69. The highest BCUT2D eigenvalue weighted by Gasteiger charge is 1.91. The first-order chi connectivity index (χ1) is 3.31. The zero-order valence-electron chi connectivity index (χ0n) is 3.34. The molecular weight excluding hydrogens is 100 g/mol. The molecule has 0 fully saturated rings. The molecule has 6 heteroatoms. The molecule has 0 atom stereocenters. The highest BCUT2D eigenvalue weighted by Crippen LogP contribution is 1.72. The summed E-state index contributed by atoms with van der Waals surface area (Å²) in [7, 11) is 0. The molecular formula is CH4N4O2. The second-order valence-corrected chi connectivity index (χ2v) is 0.598. The maximum absolute atomic E-state index is 9.69. The van der Waals surface area contributed by atoms with Gasteiger partial charge >= 0.3 is 6.09 Å². The van der Waals surface area contributed by atoms with Crippen molar-refractivity contribution in [2.24, 2.45) is 11.0 Å². The zero-order valence-corrected chi connectivity index (χ0v) is 3.34. The van der Waals surface area contributed by atoms with Gasteiger partial charge in [-0.25, -0.2) is 10.6 Å². The van der Waals surface area contributed by atoms with Crippen LogP contribution in [0.3, 0.4) is 0 Å². The van der Waals surface area contributed by atoms with Gasteiger partial charge in [0.2, 0.25) is 0 Å². The lowest BCUT2D eigenvalue weighted by atomic mass is 11.3. The van der Waals surface area contributed by atoms with Crippen molar-refractivity contribution in [1.82, 2.24) is 5.59 Å². The van der Waals surface area contributed by atoms with E-state index in [1.807, 2.05) is 0 Å². The summed E-state index contributed by atoms with van der Waals surface area (Å²) in [6.45, 7) is 0. The number of nitrogens with zero attached hydrogens (tertiary/aromatic N) is 1. The summed E-state index contributed by atoms with van der Waals surface area (Å²) in [6.07, 6.45) is -1.07. The molecule has 0 aliphatic heterocycles. The summed E-state index contributed by atoms with van der Waals surface area (Å²) < 4.78 is 0. The van der Waals surface area contributed by atoms with Crippen LogP contribution in [-0.4, -0.2) is 6.09 Å². The first-order valence-electron chi connectivity index (χ1n) is 1.35. The summed E-state index contributed by atoms with van der Waals surface area (Å²) in [4.78, 5) is 13.4. The molecule has 6 nitrogen and oxygen atoms in total. The Balaban J connectivity index is 3.17. The summed E-state index contributed by atoms with van der Waals surface area (Å²) >= 11 is 0. The van der Waals surface area contributed by atoms with Gasteiger partial charge in [0.1, 0.15) is 0 Å². The topological polar surface area (TPSA) is 101 Å². The lowest BCUT2D eigenvalue weighted by Gasteiger charge is -1.89. The Hall–Kier alpha value is -1.01. The second-order valence-electron chi connectivity index (χ2n) is 0.598. The molecule has 4 N–H and O–H groups in total.